The molecule has 0 saturated heterocycles. The molecule has 0 fully saturated rings. The normalized spacial score (nSPS) is 10.2. The fraction of sp³-hybridized carbons (Fsp3) is 0.214. The molecule has 1 aromatic carbocycles. The van der Waals surface area contributed by atoms with Crippen molar-refractivity contribution in [2.45, 2.75) is 12.3 Å². The molecule has 0 aliphatic rings. The molecule has 0 aliphatic heterocycles. The summed E-state index contributed by atoms with van der Waals surface area (Å²) in [4.78, 5) is 0. The molecule has 0 unspecified atom stereocenters. The van der Waals surface area contributed by atoms with Crippen LogP contribution in [-0.2, 0) is 12.3 Å². The molecule has 0 spiro atoms. The number of benzene rings is 1. The molecule has 5 heteroatoms. The molecule has 0 radical (unpaired) electrons. The van der Waals surface area contributed by atoms with Gasteiger partial charge in [-0.2, -0.15) is 17.0 Å². The van der Waals surface area contributed by atoms with Crippen LogP contribution in [0.4, 0.5) is 10.1 Å². The van der Waals surface area contributed by atoms with E-state index in [1.807, 2.05) is 24.5 Å². The fourth-order valence-corrected chi connectivity index (χ4v) is 2.14. The number of nitriles is 1. The number of hydrogen-bond donors (Lipinski definition) is 1. The van der Waals surface area contributed by atoms with Crippen LogP contribution in [0.1, 0.15) is 17.1 Å². The maximum atomic E-state index is 13.4. The van der Waals surface area contributed by atoms with E-state index in [-0.39, 0.29) is 5.56 Å². The van der Waals surface area contributed by atoms with Crippen LogP contribution in [0.15, 0.2) is 34.7 Å². The van der Waals surface area contributed by atoms with E-state index in [0.717, 1.165) is 17.3 Å². The van der Waals surface area contributed by atoms with E-state index in [9.17, 15) is 4.39 Å². The van der Waals surface area contributed by atoms with Crippen LogP contribution >= 0.6 is 11.8 Å². The molecule has 2 rings (SSSR count). The van der Waals surface area contributed by atoms with Gasteiger partial charge >= 0.3 is 0 Å². The van der Waals surface area contributed by atoms with Gasteiger partial charge in [0.05, 0.1) is 18.0 Å². The van der Waals surface area contributed by atoms with Gasteiger partial charge in [-0.3, -0.25) is 0 Å². The highest BCUT2D eigenvalue weighted by Crippen LogP contribution is 2.19. The van der Waals surface area contributed by atoms with Gasteiger partial charge in [-0.15, -0.1) is 0 Å². The standard InChI is InChI=1S/C14H13FN2OS/c1-19-9-11-6-5-10(18-11)8-17-14-4-2-3-13(15)12(14)7-16/h2-6,17H,8-9H2,1H3. The van der Waals surface area contributed by atoms with E-state index in [1.54, 1.807) is 23.9 Å². The van der Waals surface area contributed by atoms with Crippen molar-refractivity contribution in [1.29, 1.82) is 5.26 Å². The first kappa shape index (κ1) is 13.5. The molecular weight excluding hydrogens is 263 g/mol. The maximum Gasteiger partial charge on any atom is 0.143 e. The maximum absolute atomic E-state index is 13.4. The molecule has 2 aromatic rings. The lowest BCUT2D eigenvalue weighted by Crippen LogP contribution is -2.01. The van der Waals surface area contributed by atoms with Crippen LogP contribution in [0.25, 0.3) is 0 Å². The van der Waals surface area contributed by atoms with E-state index < -0.39 is 5.82 Å². The Hall–Kier alpha value is -1.93. The minimum Gasteiger partial charge on any atom is -0.463 e. The molecular formula is C14H13FN2OS. The number of furan rings is 1. The third-order valence-electron chi connectivity index (χ3n) is 2.58. The highest BCUT2D eigenvalue weighted by Gasteiger charge is 2.08. The van der Waals surface area contributed by atoms with Gasteiger partial charge in [-0.1, -0.05) is 6.07 Å². The number of nitrogens with one attached hydrogen (secondary N) is 1. The van der Waals surface area contributed by atoms with Gasteiger partial charge in [-0.25, -0.2) is 4.39 Å². The van der Waals surface area contributed by atoms with Gasteiger partial charge in [0.25, 0.3) is 0 Å². The number of anilines is 1. The van der Waals surface area contributed by atoms with Crippen molar-refractivity contribution in [1.82, 2.24) is 0 Å². The van der Waals surface area contributed by atoms with E-state index >= 15 is 0 Å². The third-order valence-corrected chi connectivity index (χ3v) is 3.16. The van der Waals surface area contributed by atoms with E-state index in [1.165, 1.54) is 6.07 Å². The van der Waals surface area contributed by atoms with Crippen LogP contribution in [0, 0.1) is 17.1 Å². The first-order valence-electron chi connectivity index (χ1n) is 5.73. The van der Waals surface area contributed by atoms with Crippen LogP contribution in [0.2, 0.25) is 0 Å². The first-order valence-corrected chi connectivity index (χ1v) is 7.13. The van der Waals surface area contributed by atoms with E-state index in [2.05, 4.69) is 5.32 Å². The van der Waals surface area contributed by atoms with Crippen molar-refractivity contribution in [2.24, 2.45) is 0 Å². The third kappa shape index (κ3) is 3.30. The lowest BCUT2D eigenvalue weighted by Gasteiger charge is -2.06. The summed E-state index contributed by atoms with van der Waals surface area (Å²) in [5.74, 6) is 1.97. The zero-order valence-corrected chi connectivity index (χ0v) is 11.3. The van der Waals surface area contributed by atoms with Gasteiger partial charge < -0.3 is 9.73 Å². The second kappa shape index (κ2) is 6.30. The summed E-state index contributed by atoms with van der Waals surface area (Å²) in [7, 11) is 0. The number of halogens is 1. The minimum atomic E-state index is -0.519. The Morgan fingerprint density at radius 1 is 1.32 bits per heavy atom. The Balaban J connectivity index is 2.06. The minimum absolute atomic E-state index is 0.0263. The molecule has 0 saturated carbocycles. The van der Waals surface area contributed by atoms with Crippen molar-refractivity contribution >= 4 is 17.4 Å². The molecule has 1 aromatic heterocycles. The van der Waals surface area contributed by atoms with E-state index in [4.69, 9.17) is 9.68 Å². The highest BCUT2D eigenvalue weighted by atomic mass is 32.2. The molecule has 0 aliphatic carbocycles. The summed E-state index contributed by atoms with van der Waals surface area (Å²) >= 11 is 1.68. The van der Waals surface area contributed by atoms with Crippen LogP contribution in [-0.4, -0.2) is 6.26 Å². The highest BCUT2D eigenvalue weighted by molar-refractivity contribution is 7.97. The van der Waals surface area contributed by atoms with E-state index in [0.29, 0.717) is 12.2 Å². The number of nitrogens with zero attached hydrogens (tertiary/aromatic N) is 1. The second-order valence-electron chi connectivity index (χ2n) is 3.93. The molecule has 98 valence electrons. The average molecular weight is 276 g/mol. The van der Waals surface area contributed by atoms with Crippen LogP contribution in [0.5, 0.6) is 0 Å². The summed E-state index contributed by atoms with van der Waals surface area (Å²) in [6.45, 7) is 0.423. The van der Waals surface area contributed by atoms with Crippen LogP contribution < -0.4 is 5.32 Å². The quantitative estimate of drug-likeness (QED) is 0.903. The number of hydrogen-bond acceptors (Lipinski definition) is 4. The number of rotatable bonds is 5. The summed E-state index contributed by atoms with van der Waals surface area (Å²) in [6, 6.07) is 10.2. The van der Waals surface area contributed by atoms with Crippen molar-refractivity contribution in [2.75, 3.05) is 11.6 Å². The van der Waals surface area contributed by atoms with Gasteiger partial charge in [0.2, 0.25) is 0 Å². The Morgan fingerprint density at radius 3 is 2.84 bits per heavy atom. The molecule has 3 nitrogen and oxygen atoms in total. The van der Waals surface area contributed by atoms with Gasteiger partial charge in [0.1, 0.15) is 29.0 Å². The predicted octanol–water partition coefficient (Wildman–Crippen LogP) is 3.77. The van der Waals surface area contributed by atoms with Gasteiger partial charge in [0.15, 0.2) is 0 Å². The SMILES string of the molecule is CSCc1ccc(CNc2cccc(F)c2C#N)o1. The zero-order valence-electron chi connectivity index (χ0n) is 10.4. The predicted molar refractivity (Wildman–Crippen MR) is 74.4 cm³/mol. The summed E-state index contributed by atoms with van der Waals surface area (Å²) < 4.78 is 19.0. The Morgan fingerprint density at radius 2 is 2.11 bits per heavy atom. The lowest BCUT2D eigenvalue weighted by atomic mass is 10.2. The largest absolute Gasteiger partial charge is 0.463 e. The van der Waals surface area contributed by atoms with Gasteiger partial charge in [0, 0.05) is 0 Å². The average Bonchev–Trinajstić information content (AvgIpc) is 2.84. The monoisotopic (exact) mass is 276 g/mol. The first-order chi connectivity index (χ1) is 9.24. The lowest BCUT2D eigenvalue weighted by molar-refractivity contribution is 0.487. The number of thioether (sulfide) groups is 1. The van der Waals surface area contributed by atoms with Crippen molar-refractivity contribution in [3.8, 4) is 6.07 Å². The molecule has 0 bridgehead atoms. The molecule has 19 heavy (non-hydrogen) atoms. The summed E-state index contributed by atoms with van der Waals surface area (Å²) in [6.07, 6.45) is 2.01. The Bertz CT molecular complexity index is 604. The van der Waals surface area contributed by atoms with Crippen molar-refractivity contribution < 1.29 is 8.81 Å². The Labute approximate surface area is 115 Å². The van der Waals surface area contributed by atoms with Crippen molar-refractivity contribution in [3.63, 3.8) is 0 Å². The molecule has 0 atom stereocenters. The molecule has 1 heterocycles. The second-order valence-corrected chi connectivity index (χ2v) is 4.79. The topological polar surface area (TPSA) is 49.0 Å². The Kier molecular flexibility index (Phi) is 4.48. The van der Waals surface area contributed by atoms with Crippen molar-refractivity contribution in [3.05, 3.63) is 53.2 Å². The zero-order chi connectivity index (χ0) is 13.7. The molecule has 1 N–H and O–H groups in total. The summed E-state index contributed by atoms with van der Waals surface area (Å²) in [5, 5.41) is 11.9. The van der Waals surface area contributed by atoms with Crippen LogP contribution in [0.3, 0.4) is 0 Å². The summed E-state index contributed by atoms with van der Waals surface area (Å²) in [5.41, 5.74) is 0.503. The smallest absolute Gasteiger partial charge is 0.143 e. The van der Waals surface area contributed by atoms with Gasteiger partial charge in [-0.05, 0) is 30.5 Å². The fourth-order valence-electron chi connectivity index (χ4n) is 1.70. The molecule has 0 amide bonds.